The number of hydrogen-bond acceptors (Lipinski definition) is 3. The van der Waals surface area contributed by atoms with Crippen molar-refractivity contribution < 1.29 is 14.6 Å². The maximum Gasteiger partial charge on any atom is 0.303 e. The van der Waals surface area contributed by atoms with Gasteiger partial charge in [0.15, 0.2) is 0 Å². The first kappa shape index (κ1) is 17.9. The first-order valence-electron chi connectivity index (χ1n) is 8.86. The summed E-state index contributed by atoms with van der Waals surface area (Å²) in [5.74, 6) is 1.16. The molecule has 2 bridgehead atoms. The van der Waals surface area contributed by atoms with Crippen molar-refractivity contribution in [1.29, 1.82) is 0 Å². The molecule has 0 aromatic carbocycles. The summed E-state index contributed by atoms with van der Waals surface area (Å²) >= 11 is 2.08. The van der Waals surface area contributed by atoms with E-state index in [0.717, 1.165) is 37.4 Å². The Hall–Kier alpha value is -0.480. The van der Waals surface area contributed by atoms with Gasteiger partial charge in [-0.05, 0) is 38.0 Å². The Morgan fingerprint density at radius 3 is 2.73 bits per heavy atom. The first-order valence-corrected chi connectivity index (χ1v) is 9.91. The summed E-state index contributed by atoms with van der Waals surface area (Å²) in [6.07, 6.45) is 15.0. The lowest BCUT2D eigenvalue weighted by Gasteiger charge is -2.27. The third-order valence-corrected chi connectivity index (χ3v) is 6.24. The van der Waals surface area contributed by atoms with Crippen molar-refractivity contribution in [3.05, 3.63) is 12.2 Å². The molecule has 2 aliphatic rings. The van der Waals surface area contributed by atoms with Crippen molar-refractivity contribution in [3.63, 3.8) is 0 Å². The molecule has 0 amide bonds. The van der Waals surface area contributed by atoms with E-state index in [2.05, 4.69) is 30.8 Å². The number of rotatable bonds is 11. The second-order valence-electron chi connectivity index (χ2n) is 6.48. The molecular weight excluding hydrogens is 296 g/mol. The zero-order valence-corrected chi connectivity index (χ0v) is 14.5. The summed E-state index contributed by atoms with van der Waals surface area (Å²) in [4.78, 5) is 10.5. The molecule has 2 saturated heterocycles. The van der Waals surface area contributed by atoms with Gasteiger partial charge in [-0.1, -0.05) is 38.3 Å². The smallest absolute Gasteiger partial charge is 0.303 e. The fourth-order valence-electron chi connectivity index (χ4n) is 3.73. The van der Waals surface area contributed by atoms with Crippen LogP contribution in [0.1, 0.15) is 64.7 Å². The standard InChI is InChI=1S/C18H30O3S/c1-2-3-8-13-22-18-14(15-11-12-16(18)21-15)9-6-4-5-7-10-17(19)20/h3,8,14-16,18H,2,4-7,9-13H2,1H3,(H,19,20)/b8-3+. The van der Waals surface area contributed by atoms with E-state index < -0.39 is 5.97 Å². The normalized spacial score (nSPS) is 30.4. The van der Waals surface area contributed by atoms with Crippen LogP contribution in [0, 0.1) is 5.92 Å². The first-order chi connectivity index (χ1) is 10.7. The maximum atomic E-state index is 10.5. The fraction of sp³-hybridized carbons (Fsp3) is 0.833. The topological polar surface area (TPSA) is 46.5 Å². The van der Waals surface area contributed by atoms with Crippen LogP contribution >= 0.6 is 11.8 Å². The van der Waals surface area contributed by atoms with E-state index >= 15 is 0 Å². The van der Waals surface area contributed by atoms with E-state index in [1.807, 2.05) is 0 Å². The van der Waals surface area contributed by atoms with Gasteiger partial charge >= 0.3 is 5.97 Å². The zero-order chi connectivity index (χ0) is 15.8. The number of hydrogen-bond donors (Lipinski definition) is 1. The molecule has 3 nitrogen and oxygen atoms in total. The predicted octanol–water partition coefficient (Wildman–Crippen LogP) is 4.66. The Bertz CT molecular complexity index is 369. The highest BCUT2D eigenvalue weighted by Crippen LogP contribution is 2.47. The Morgan fingerprint density at radius 2 is 1.95 bits per heavy atom. The number of carbonyl (C=O) groups is 1. The molecule has 0 aromatic heterocycles. The number of ether oxygens (including phenoxy) is 1. The summed E-state index contributed by atoms with van der Waals surface area (Å²) in [5.41, 5.74) is 0. The number of thioether (sulfide) groups is 1. The number of carboxylic acids is 1. The molecule has 0 saturated carbocycles. The highest BCUT2D eigenvalue weighted by atomic mass is 32.2. The van der Waals surface area contributed by atoms with Crippen LogP contribution in [0.15, 0.2) is 12.2 Å². The van der Waals surface area contributed by atoms with Gasteiger partial charge in [0, 0.05) is 17.4 Å². The zero-order valence-electron chi connectivity index (χ0n) is 13.7. The van der Waals surface area contributed by atoms with Gasteiger partial charge in [0.2, 0.25) is 0 Å². The second kappa shape index (κ2) is 9.61. The van der Waals surface area contributed by atoms with Crippen molar-refractivity contribution in [1.82, 2.24) is 0 Å². The lowest BCUT2D eigenvalue weighted by atomic mass is 9.85. The van der Waals surface area contributed by atoms with Crippen LogP contribution in [-0.2, 0) is 9.53 Å². The molecule has 0 radical (unpaired) electrons. The van der Waals surface area contributed by atoms with Crippen LogP contribution < -0.4 is 0 Å². The fourth-order valence-corrected chi connectivity index (χ4v) is 5.17. The second-order valence-corrected chi connectivity index (χ2v) is 7.69. The summed E-state index contributed by atoms with van der Waals surface area (Å²) in [5, 5.41) is 9.32. The van der Waals surface area contributed by atoms with Crippen LogP contribution in [0.4, 0.5) is 0 Å². The molecule has 4 atom stereocenters. The van der Waals surface area contributed by atoms with Crippen molar-refractivity contribution in [3.8, 4) is 0 Å². The summed E-state index contributed by atoms with van der Waals surface area (Å²) in [6.45, 7) is 2.18. The minimum absolute atomic E-state index is 0.319. The number of allylic oxidation sites excluding steroid dienone is 1. The van der Waals surface area contributed by atoms with Crippen molar-refractivity contribution in [2.75, 3.05) is 5.75 Å². The van der Waals surface area contributed by atoms with E-state index in [1.165, 1.54) is 25.7 Å². The Kier molecular flexibility index (Phi) is 7.81. The monoisotopic (exact) mass is 326 g/mol. The molecular formula is C18H30O3S. The average molecular weight is 327 g/mol. The molecule has 0 aromatic rings. The molecule has 2 aliphatic heterocycles. The largest absolute Gasteiger partial charge is 0.481 e. The minimum atomic E-state index is -0.668. The molecule has 2 heterocycles. The molecule has 2 fully saturated rings. The molecule has 4 unspecified atom stereocenters. The van der Waals surface area contributed by atoms with Crippen LogP contribution in [0.2, 0.25) is 0 Å². The number of carboxylic acid groups (broad SMARTS) is 1. The van der Waals surface area contributed by atoms with Gasteiger partial charge in [-0.2, -0.15) is 11.8 Å². The molecule has 1 N–H and O–H groups in total. The Morgan fingerprint density at radius 1 is 1.18 bits per heavy atom. The minimum Gasteiger partial charge on any atom is -0.481 e. The van der Waals surface area contributed by atoms with Gasteiger partial charge < -0.3 is 9.84 Å². The number of unbranched alkanes of at least 4 members (excludes halogenated alkanes) is 3. The van der Waals surface area contributed by atoms with Crippen LogP contribution in [-0.4, -0.2) is 34.3 Å². The summed E-state index contributed by atoms with van der Waals surface area (Å²) in [7, 11) is 0. The van der Waals surface area contributed by atoms with Crippen LogP contribution in [0.3, 0.4) is 0 Å². The van der Waals surface area contributed by atoms with Gasteiger partial charge in [-0.15, -0.1) is 0 Å². The summed E-state index contributed by atoms with van der Waals surface area (Å²) < 4.78 is 6.14. The number of fused-ring (bicyclic) bond motifs is 2. The SMILES string of the molecule is CC/C=C/CSC1C2CCC(O2)C1CCCCCCC(=O)O. The molecule has 126 valence electrons. The summed E-state index contributed by atoms with van der Waals surface area (Å²) in [6, 6.07) is 0. The van der Waals surface area contributed by atoms with Gasteiger partial charge in [-0.25, -0.2) is 0 Å². The van der Waals surface area contributed by atoms with E-state index in [1.54, 1.807) is 0 Å². The molecule has 2 rings (SSSR count). The van der Waals surface area contributed by atoms with Gasteiger partial charge in [0.25, 0.3) is 0 Å². The average Bonchev–Trinajstić information content (AvgIpc) is 3.08. The third kappa shape index (κ3) is 5.31. The lowest BCUT2D eigenvalue weighted by molar-refractivity contribution is -0.137. The van der Waals surface area contributed by atoms with Crippen molar-refractivity contribution >= 4 is 17.7 Å². The van der Waals surface area contributed by atoms with Gasteiger partial charge in [-0.3, -0.25) is 4.79 Å². The lowest BCUT2D eigenvalue weighted by Crippen LogP contribution is -2.29. The number of aliphatic carboxylic acids is 1. The van der Waals surface area contributed by atoms with Crippen LogP contribution in [0.5, 0.6) is 0 Å². The third-order valence-electron chi connectivity index (χ3n) is 4.82. The van der Waals surface area contributed by atoms with Crippen molar-refractivity contribution in [2.24, 2.45) is 5.92 Å². The van der Waals surface area contributed by atoms with Crippen molar-refractivity contribution in [2.45, 2.75) is 82.2 Å². The molecule has 22 heavy (non-hydrogen) atoms. The van der Waals surface area contributed by atoms with E-state index in [0.29, 0.717) is 23.9 Å². The van der Waals surface area contributed by atoms with Gasteiger partial charge in [0.05, 0.1) is 12.2 Å². The van der Waals surface area contributed by atoms with E-state index in [4.69, 9.17) is 9.84 Å². The maximum absolute atomic E-state index is 10.5. The molecule has 0 spiro atoms. The van der Waals surface area contributed by atoms with E-state index in [-0.39, 0.29) is 0 Å². The Balaban J connectivity index is 1.66. The Labute approximate surface area is 138 Å². The molecule has 4 heteroatoms. The van der Waals surface area contributed by atoms with Gasteiger partial charge in [0.1, 0.15) is 0 Å². The highest BCUT2D eigenvalue weighted by Gasteiger charge is 2.48. The highest BCUT2D eigenvalue weighted by molar-refractivity contribution is 8.00. The van der Waals surface area contributed by atoms with E-state index in [9.17, 15) is 4.79 Å². The van der Waals surface area contributed by atoms with Crippen LogP contribution in [0.25, 0.3) is 0 Å². The quantitative estimate of drug-likeness (QED) is 0.443. The predicted molar refractivity (Wildman–Crippen MR) is 92.4 cm³/mol. The molecule has 0 aliphatic carbocycles.